The molecular formula is C8H10N4O2. The molecule has 2 aromatic heterocycles. The van der Waals surface area contributed by atoms with Gasteiger partial charge in [0.1, 0.15) is 11.3 Å². The van der Waals surface area contributed by atoms with Gasteiger partial charge in [0.25, 0.3) is 5.56 Å². The minimum absolute atomic E-state index is 0.351. The SMILES string of the molecule is CCc1nc2c([nH]1)c(=O)[nH]c(=O)n2C. The smallest absolute Gasteiger partial charge is 0.329 e. The molecule has 2 rings (SSSR count). The summed E-state index contributed by atoms with van der Waals surface area (Å²) in [7, 11) is 1.57. The molecule has 0 saturated carbocycles. The Morgan fingerprint density at radius 1 is 1.36 bits per heavy atom. The van der Waals surface area contributed by atoms with E-state index >= 15 is 0 Å². The lowest BCUT2D eigenvalue weighted by atomic mass is 10.5. The molecule has 0 fully saturated rings. The van der Waals surface area contributed by atoms with Gasteiger partial charge in [-0.15, -0.1) is 0 Å². The molecule has 0 unspecified atom stereocenters. The summed E-state index contributed by atoms with van der Waals surface area (Å²) in [5, 5.41) is 0. The van der Waals surface area contributed by atoms with E-state index < -0.39 is 11.2 Å². The van der Waals surface area contributed by atoms with Crippen molar-refractivity contribution in [1.29, 1.82) is 0 Å². The number of H-pyrrole nitrogens is 2. The summed E-state index contributed by atoms with van der Waals surface area (Å²) in [6.45, 7) is 1.92. The summed E-state index contributed by atoms with van der Waals surface area (Å²) in [6.07, 6.45) is 0.697. The largest absolute Gasteiger partial charge is 0.336 e. The molecule has 0 spiro atoms. The Morgan fingerprint density at radius 3 is 2.71 bits per heavy atom. The van der Waals surface area contributed by atoms with E-state index in [9.17, 15) is 9.59 Å². The van der Waals surface area contributed by atoms with Crippen LogP contribution in [-0.2, 0) is 13.5 Å². The first-order chi connectivity index (χ1) is 6.63. The fraction of sp³-hybridized carbons (Fsp3) is 0.375. The molecule has 2 N–H and O–H groups in total. The first-order valence-electron chi connectivity index (χ1n) is 4.31. The van der Waals surface area contributed by atoms with E-state index in [0.717, 1.165) is 0 Å². The number of fused-ring (bicyclic) bond motifs is 1. The maximum atomic E-state index is 11.3. The van der Waals surface area contributed by atoms with Crippen molar-refractivity contribution in [3.8, 4) is 0 Å². The number of hydrogen-bond donors (Lipinski definition) is 2. The standard InChI is InChI=1S/C8H10N4O2/c1-3-4-9-5-6(10-4)12(2)8(14)11-7(5)13/h3H2,1-2H3,(H,9,10)(H,11,13,14). The zero-order valence-corrected chi connectivity index (χ0v) is 7.92. The van der Waals surface area contributed by atoms with Gasteiger partial charge in [-0.25, -0.2) is 9.78 Å². The monoisotopic (exact) mass is 194 g/mol. The van der Waals surface area contributed by atoms with Crippen LogP contribution < -0.4 is 11.2 Å². The molecule has 0 aliphatic carbocycles. The number of aryl methyl sites for hydroxylation is 2. The fourth-order valence-electron chi connectivity index (χ4n) is 1.32. The number of imidazole rings is 1. The summed E-state index contributed by atoms with van der Waals surface area (Å²) >= 11 is 0. The number of hydrogen-bond acceptors (Lipinski definition) is 3. The summed E-state index contributed by atoms with van der Waals surface area (Å²) in [6, 6.07) is 0. The van der Waals surface area contributed by atoms with Crippen LogP contribution in [0.2, 0.25) is 0 Å². The van der Waals surface area contributed by atoms with Crippen LogP contribution in [0.5, 0.6) is 0 Å². The van der Waals surface area contributed by atoms with E-state index in [4.69, 9.17) is 0 Å². The zero-order chi connectivity index (χ0) is 10.3. The van der Waals surface area contributed by atoms with Gasteiger partial charge in [0.2, 0.25) is 0 Å². The molecule has 0 aliphatic rings. The van der Waals surface area contributed by atoms with E-state index in [-0.39, 0.29) is 0 Å². The molecule has 0 radical (unpaired) electrons. The molecule has 0 atom stereocenters. The van der Waals surface area contributed by atoms with Crippen molar-refractivity contribution in [2.75, 3.05) is 0 Å². The van der Waals surface area contributed by atoms with Crippen LogP contribution in [0.4, 0.5) is 0 Å². The quantitative estimate of drug-likeness (QED) is 0.642. The van der Waals surface area contributed by atoms with E-state index in [2.05, 4.69) is 15.0 Å². The molecule has 74 valence electrons. The molecule has 6 nitrogen and oxygen atoms in total. The van der Waals surface area contributed by atoms with Crippen molar-refractivity contribution < 1.29 is 0 Å². The van der Waals surface area contributed by atoms with Gasteiger partial charge in [-0.3, -0.25) is 14.3 Å². The number of aromatic amines is 2. The fourth-order valence-corrected chi connectivity index (χ4v) is 1.32. The summed E-state index contributed by atoms with van der Waals surface area (Å²) < 4.78 is 1.31. The summed E-state index contributed by atoms with van der Waals surface area (Å²) in [5.41, 5.74) is -0.119. The Hall–Kier alpha value is -1.85. The summed E-state index contributed by atoms with van der Waals surface area (Å²) in [4.78, 5) is 31.8. The van der Waals surface area contributed by atoms with Crippen molar-refractivity contribution >= 4 is 11.2 Å². The lowest BCUT2D eigenvalue weighted by Gasteiger charge is -1.94. The van der Waals surface area contributed by atoms with Gasteiger partial charge < -0.3 is 4.98 Å². The highest BCUT2D eigenvalue weighted by Crippen LogP contribution is 2.03. The Balaban J connectivity index is 2.99. The van der Waals surface area contributed by atoms with Crippen LogP contribution in [0.15, 0.2) is 9.59 Å². The molecule has 0 saturated heterocycles. The van der Waals surface area contributed by atoms with Crippen molar-refractivity contribution in [3.63, 3.8) is 0 Å². The highest BCUT2D eigenvalue weighted by molar-refractivity contribution is 5.69. The molecule has 14 heavy (non-hydrogen) atoms. The first-order valence-corrected chi connectivity index (χ1v) is 4.31. The third-order valence-electron chi connectivity index (χ3n) is 2.14. The van der Waals surface area contributed by atoms with Crippen LogP contribution in [0, 0.1) is 0 Å². The average Bonchev–Trinajstić information content (AvgIpc) is 2.58. The van der Waals surface area contributed by atoms with Gasteiger partial charge in [-0.05, 0) is 0 Å². The Bertz CT molecular complexity index is 589. The molecule has 2 heterocycles. The van der Waals surface area contributed by atoms with Crippen LogP contribution >= 0.6 is 0 Å². The second kappa shape index (κ2) is 2.83. The Morgan fingerprint density at radius 2 is 2.07 bits per heavy atom. The number of nitrogens with zero attached hydrogens (tertiary/aromatic N) is 2. The van der Waals surface area contributed by atoms with Crippen LogP contribution in [-0.4, -0.2) is 19.5 Å². The minimum Gasteiger partial charge on any atom is -0.336 e. The minimum atomic E-state index is -0.448. The highest BCUT2D eigenvalue weighted by Gasteiger charge is 2.08. The van der Waals surface area contributed by atoms with Gasteiger partial charge >= 0.3 is 5.69 Å². The number of nitrogens with one attached hydrogen (secondary N) is 2. The second-order valence-electron chi connectivity index (χ2n) is 3.05. The molecule has 2 aromatic rings. The van der Waals surface area contributed by atoms with Gasteiger partial charge in [0.15, 0.2) is 5.65 Å². The molecule has 6 heteroatoms. The third-order valence-corrected chi connectivity index (χ3v) is 2.14. The van der Waals surface area contributed by atoms with Crippen molar-refractivity contribution in [3.05, 3.63) is 26.7 Å². The van der Waals surface area contributed by atoms with Gasteiger partial charge in [0.05, 0.1) is 0 Å². The van der Waals surface area contributed by atoms with Crippen molar-refractivity contribution in [2.24, 2.45) is 7.05 Å². The zero-order valence-electron chi connectivity index (χ0n) is 7.92. The van der Waals surface area contributed by atoms with Crippen LogP contribution in [0.1, 0.15) is 12.7 Å². The van der Waals surface area contributed by atoms with E-state index in [1.54, 1.807) is 7.05 Å². The predicted molar refractivity (Wildman–Crippen MR) is 51.3 cm³/mol. The highest BCUT2D eigenvalue weighted by atomic mass is 16.2. The maximum absolute atomic E-state index is 11.3. The third kappa shape index (κ3) is 1.07. The van der Waals surface area contributed by atoms with E-state index in [1.165, 1.54) is 4.57 Å². The average molecular weight is 194 g/mol. The van der Waals surface area contributed by atoms with Gasteiger partial charge in [0, 0.05) is 13.5 Å². The van der Waals surface area contributed by atoms with Crippen molar-refractivity contribution in [1.82, 2.24) is 19.5 Å². The second-order valence-corrected chi connectivity index (χ2v) is 3.05. The van der Waals surface area contributed by atoms with E-state index in [1.807, 2.05) is 6.92 Å². The van der Waals surface area contributed by atoms with Gasteiger partial charge in [-0.2, -0.15) is 0 Å². The van der Waals surface area contributed by atoms with Gasteiger partial charge in [-0.1, -0.05) is 6.92 Å². The molecular weight excluding hydrogens is 184 g/mol. The maximum Gasteiger partial charge on any atom is 0.329 e. The molecule has 0 bridgehead atoms. The molecule has 0 aliphatic heterocycles. The number of aromatic nitrogens is 4. The van der Waals surface area contributed by atoms with Crippen LogP contribution in [0.3, 0.4) is 0 Å². The van der Waals surface area contributed by atoms with Crippen LogP contribution in [0.25, 0.3) is 11.2 Å². The number of rotatable bonds is 1. The first kappa shape index (κ1) is 8.74. The van der Waals surface area contributed by atoms with Crippen molar-refractivity contribution in [2.45, 2.75) is 13.3 Å². The molecule has 0 amide bonds. The molecule has 0 aromatic carbocycles. The predicted octanol–water partition coefficient (Wildman–Crippen LogP) is -0.488. The van der Waals surface area contributed by atoms with E-state index in [0.29, 0.717) is 23.4 Å². The topological polar surface area (TPSA) is 83.5 Å². The Labute approximate surface area is 78.6 Å². The normalized spacial score (nSPS) is 11.0. The Kier molecular flexibility index (Phi) is 1.77. The lowest BCUT2D eigenvalue weighted by Crippen LogP contribution is -2.28. The lowest BCUT2D eigenvalue weighted by molar-refractivity contribution is 0.830. The summed E-state index contributed by atoms with van der Waals surface area (Å²) in [5.74, 6) is 0.701.